The molecule has 0 bridgehead atoms. The summed E-state index contributed by atoms with van der Waals surface area (Å²) >= 11 is 5.95. The largest absolute Gasteiger partial charge is 0.378 e. The van der Waals surface area contributed by atoms with E-state index >= 15 is 0 Å². The zero-order valence-electron chi connectivity index (χ0n) is 16.2. The quantitative estimate of drug-likeness (QED) is 0.768. The van der Waals surface area contributed by atoms with Crippen LogP contribution >= 0.6 is 11.6 Å². The number of morpholine rings is 1. The van der Waals surface area contributed by atoms with Gasteiger partial charge in [0, 0.05) is 49.0 Å². The fourth-order valence-electron chi connectivity index (χ4n) is 3.71. The summed E-state index contributed by atoms with van der Waals surface area (Å²) in [6.07, 6.45) is 0.897. The molecule has 2 saturated heterocycles. The van der Waals surface area contributed by atoms with Crippen LogP contribution in [0.1, 0.15) is 22.3 Å². The predicted octanol–water partition coefficient (Wildman–Crippen LogP) is 3.64. The summed E-state index contributed by atoms with van der Waals surface area (Å²) in [6.45, 7) is 4.35. The summed E-state index contributed by atoms with van der Waals surface area (Å²) < 4.78 is 5.31. The number of anilines is 1. The summed E-state index contributed by atoms with van der Waals surface area (Å²) in [4.78, 5) is 31.0. The van der Waals surface area contributed by atoms with Crippen LogP contribution in [-0.2, 0) is 11.3 Å². The van der Waals surface area contributed by atoms with E-state index in [9.17, 15) is 9.59 Å². The monoisotopic (exact) mass is 413 g/mol. The van der Waals surface area contributed by atoms with Crippen molar-refractivity contribution in [1.82, 2.24) is 9.80 Å². The molecule has 4 rings (SSSR count). The lowest BCUT2D eigenvalue weighted by Gasteiger charge is -2.36. The number of halogens is 1. The van der Waals surface area contributed by atoms with E-state index in [4.69, 9.17) is 16.3 Å². The molecule has 0 saturated carbocycles. The molecule has 0 unspecified atom stereocenters. The highest BCUT2D eigenvalue weighted by Gasteiger charge is 2.27. The van der Waals surface area contributed by atoms with E-state index < -0.39 is 0 Å². The van der Waals surface area contributed by atoms with Gasteiger partial charge in [-0.3, -0.25) is 9.69 Å². The first-order valence-corrected chi connectivity index (χ1v) is 10.3. The molecule has 0 radical (unpaired) electrons. The smallest absolute Gasteiger partial charge is 0.324 e. The number of carbonyl (C=O) groups is 2. The highest BCUT2D eigenvalue weighted by atomic mass is 35.5. The summed E-state index contributed by atoms with van der Waals surface area (Å²) in [5, 5.41) is 0.687. The van der Waals surface area contributed by atoms with Gasteiger partial charge < -0.3 is 14.5 Å². The minimum Gasteiger partial charge on any atom is -0.378 e. The first-order valence-electron chi connectivity index (χ1n) is 9.90. The molecule has 6 nitrogen and oxygen atoms in total. The third-order valence-electron chi connectivity index (χ3n) is 5.32. The van der Waals surface area contributed by atoms with Crippen LogP contribution in [0.25, 0.3) is 0 Å². The molecule has 0 N–H and O–H groups in total. The van der Waals surface area contributed by atoms with E-state index in [1.807, 2.05) is 41.3 Å². The van der Waals surface area contributed by atoms with Gasteiger partial charge in [-0.25, -0.2) is 4.79 Å². The van der Waals surface area contributed by atoms with E-state index in [1.54, 1.807) is 21.9 Å². The van der Waals surface area contributed by atoms with Gasteiger partial charge in [0.15, 0.2) is 0 Å². The number of benzene rings is 2. The van der Waals surface area contributed by atoms with Gasteiger partial charge in [0.05, 0.1) is 13.2 Å². The van der Waals surface area contributed by atoms with Crippen LogP contribution in [-0.4, -0.2) is 61.1 Å². The number of nitrogens with zero attached hydrogens (tertiary/aromatic N) is 3. The van der Waals surface area contributed by atoms with Gasteiger partial charge in [0.1, 0.15) is 0 Å². The second kappa shape index (κ2) is 8.84. The molecule has 7 heteroatoms. The normalized spacial score (nSPS) is 17.6. The second-order valence-electron chi connectivity index (χ2n) is 7.29. The zero-order valence-corrected chi connectivity index (χ0v) is 17.0. The van der Waals surface area contributed by atoms with E-state index in [1.165, 1.54) is 0 Å². The predicted molar refractivity (Wildman–Crippen MR) is 112 cm³/mol. The van der Waals surface area contributed by atoms with Crippen molar-refractivity contribution in [1.29, 1.82) is 0 Å². The molecule has 2 heterocycles. The molecule has 3 amide bonds. The molecule has 0 aromatic heterocycles. The lowest BCUT2D eigenvalue weighted by atomic mass is 10.1. The van der Waals surface area contributed by atoms with Gasteiger partial charge in [-0.2, -0.15) is 0 Å². The van der Waals surface area contributed by atoms with Crippen molar-refractivity contribution in [3.63, 3.8) is 0 Å². The highest BCUT2D eigenvalue weighted by Crippen LogP contribution is 2.23. The van der Waals surface area contributed by atoms with Gasteiger partial charge in [-0.1, -0.05) is 23.7 Å². The van der Waals surface area contributed by atoms with Crippen molar-refractivity contribution in [3.05, 3.63) is 64.7 Å². The minimum atomic E-state index is -0.0153. The standard InChI is InChI=1S/C22H24ClN3O3/c23-19-6-2-17(3-7-19)16-25-10-1-11-26(22(25)28)20-8-4-18(5-9-20)21(27)24-12-14-29-15-13-24/h2-9H,1,10-16H2. The van der Waals surface area contributed by atoms with Crippen LogP contribution in [0.5, 0.6) is 0 Å². The summed E-state index contributed by atoms with van der Waals surface area (Å²) in [7, 11) is 0. The maximum Gasteiger partial charge on any atom is 0.324 e. The Kier molecular flexibility index (Phi) is 6.02. The third-order valence-corrected chi connectivity index (χ3v) is 5.57. The summed E-state index contributed by atoms with van der Waals surface area (Å²) in [6, 6.07) is 14.9. The molecular weight excluding hydrogens is 390 g/mol. The average Bonchev–Trinajstić information content (AvgIpc) is 2.77. The summed E-state index contributed by atoms with van der Waals surface area (Å²) in [5.74, 6) is 0.00851. The Morgan fingerprint density at radius 3 is 2.31 bits per heavy atom. The lowest BCUT2D eigenvalue weighted by molar-refractivity contribution is 0.0303. The maximum atomic E-state index is 13.0. The van der Waals surface area contributed by atoms with E-state index in [2.05, 4.69) is 0 Å². The van der Waals surface area contributed by atoms with E-state index in [0.29, 0.717) is 50.0 Å². The minimum absolute atomic E-state index is 0.00851. The number of rotatable bonds is 4. The number of carbonyl (C=O) groups excluding carboxylic acids is 2. The van der Waals surface area contributed by atoms with Crippen molar-refractivity contribution in [2.45, 2.75) is 13.0 Å². The van der Waals surface area contributed by atoms with Gasteiger partial charge in [-0.05, 0) is 48.4 Å². The van der Waals surface area contributed by atoms with Gasteiger partial charge in [0.2, 0.25) is 0 Å². The maximum absolute atomic E-state index is 13.0. The summed E-state index contributed by atoms with van der Waals surface area (Å²) in [5.41, 5.74) is 2.50. The zero-order chi connectivity index (χ0) is 20.2. The third kappa shape index (κ3) is 4.54. The molecule has 2 aliphatic rings. The Morgan fingerprint density at radius 1 is 0.931 bits per heavy atom. The number of amides is 3. The van der Waals surface area contributed by atoms with E-state index in [0.717, 1.165) is 24.2 Å². The molecule has 2 fully saturated rings. The molecule has 2 aliphatic heterocycles. The first kappa shape index (κ1) is 19.7. The Bertz CT molecular complexity index is 864. The molecule has 2 aromatic rings. The van der Waals surface area contributed by atoms with Crippen LogP contribution < -0.4 is 4.90 Å². The van der Waals surface area contributed by atoms with Crippen molar-refractivity contribution in [3.8, 4) is 0 Å². The van der Waals surface area contributed by atoms with Crippen LogP contribution in [0.2, 0.25) is 5.02 Å². The number of hydrogen-bond donors (Lipinski definition) is 0. The molecule has 0 spiro atoms. The van der Waals surface area contributed by atoms with E-state index in [-0.39, 0.29) is 11.9 Å². The topological polar surface area (TPSA) is 53.1 Å². The first-order chi connectivity index (χ1) is 14.1. The van der Waals surface area contributed by atoms with Crippen LogP contribution in [0.15, 0.2) is 48.5 Å². The Balaban J connectivity index is 1.43. The van der Waals surface area contributed by atoms with Crippen LogP contribution in [0, 0.1) is 0 Å². The van der Waals surface area contributed by atoms with Crippen LogP contribution in [0.4, 0.5) is 10.5 Å². The average molecular weight is 414 g/mol. The number of hydrogen-bond acceptors (Lipinski definition) is 3. The second-order valence-corrected chi connectivity index (χ2v) is 7.72. The highest BCUT2D eigenvalue weighted by molar-refractivity contribution is 6.30. The Morgan fingerprint density at radius 2 is 1.62 bits per heavy atom. The number of urea groups is 1. The van der Waals surface area contributed by atoms with Gasteiger partial charge in [-0.15, -0.1) is 0 Å². The molecule has 0 aliphatic carbocycles. The molecule has 0 atom stereocenters. The SMILES string of the molecule is O=C(c1ccc(N2CCCN(Cc3ccc(Cl)cc3)C2=O)cc1)N1CCOCC1. The van der Waals surface area contributed by atoms with Crippen LogP contribution in [0.3, 0.4) is 0 Å². The van der Waals surface area contributed by atoms with Gasteiger partial charge in [0.25, 0.3) is 5.91 Å². The number of ether oxygens (including phenoxy) is 1. The fraction of sp³-hybridized carbons (Fsp3) is 0.364. The van der Waals surface area contributed by atoms with Crippen molar-refractivity contribution in [2.75, 3.05) is 44.3 Å². The van der Waals surface area contributed by atoms with Gasteiger partial charge >= 0.3 is 6.03 Å². The molecular formula is C22H24ClN3O3. The Labute approximate surface area is 175 Å². The fourth-order valence-corrected chi connectivity index (χ4v) is 3.84. The molecule has 2 aromatic carbocycles. The van der Waals surface area contributed by atoms with Crippen molar-refractivity contribution < 1.29 is 14.3 Å². The molecule has 29 heavy (non-hydrogen) atoms. The van der Waals surface area contributed by atoms with Crippen molar-refractivity contribution >= 4 is 29.2 Å². The Hall–Kier alpha value is -2.57. The lowest BCUT2D eigenvalue weighted by Crippen LogP contribution is -2.49. The van der Waals surface area contributed by atoms with Crippen molar-refractivity contribution in [2.24, 2.45) is 0 Å². The molecule has 152 valence electrons.